The Kier molecular flexibility index (Phi) is 4.98. The highest BCUT2D eigenvalue weighted by molar-refractivity contribution is 5.99. The zero-order chi connectivity index (χ0) is 14.5. The number of anilines is 1. The molecule has 1 aromatic carbocycles. The van der Waals surface area contributed by atoms with Gasteiger partial charge in [0.25, 0.3) is 5.91 Å². The van der Waals surface area contributed by atoms with Gasteiger partial charge in [0, 0.05) is 32.4 Å². The van der Waals surface area contributed by atoms with Gasteiger partial charge in [-0.3, -0.25) is 4.79 Å². The molecule has 0 saturated carbocycles. The minimum absolute atomic E-state index is 0.0603. The standard InChI is InChI=1S/C15H23N3O2/c1-11-4-5-14(16-2)13(8-11)15(19)17-9-12-10-18(3)6-7-20-12/h4-5,8,12,16H,6-7,9-10H2,1-3H3,(H,17,19). The lowest BCUT2D eigenvalue weighted by atomic mass is 10.1. The number of morpholine rings is 1. The van der Waals surface area contributed by atoms with E-state index in [1.807, 2.05) is 32.2 Å². The summed E-state index contributed by atoms with van der Waals surface area (Å²) in [7, 11) is 3.89. The van der Waals surface area contributed by atoms with Gasteiger partial charge in [0.15, 0.2) is 0 Å². The molecule has 0 aromatic heterocycles. The maximum atomic E-state index is 12.3. The second kappa shape index (κ2) is 6.72. The van der Waals surface area contributed by atoms with E-state index in [9.17, 15) is 4.79 Å². The average molecular weight is 277 g/mol. The average Bonchev–Trinajstić information content (AvgIpc) is 2.45. The van der Waals surface area contributed by atoms with Crippen molar-refractivity contribution < 1.29 is 9.53 Å². The molecule has 20 heavy (non-hydrogen) atoms. The van der Waals surface area contributed by atoms with Crippen molar-refractivity contribution in [3.63, 3.8) is 0 Å². The maximum absolute atomic E-state index is 12.3. The summed E-state index contributed by atoms with van der Waals surface area (Å²) < 4.78 is 5.64. The number of carbonyl (C=O) groups is 1. The quantitative estimate of drug-likeness (QED) is 0.865. The van der Waals surface area contributed by atoms with Crippen molar-refractivity contribution >= 4 is 11.6 Å². The molecular formula is C15H23N3O2. The smallest absolute Gasteiger partial charge is 0.253 e. The van der Waals surface area contributed by atoms with E-state index < -0.39 is 0 Å². The molecule has 0 spiro atoms. The predicted octanol–water partition coefficient (Wildman–Crippen LogP) is 1.10. The summed E-state index contributed by atoms with van der Waals surface area (Å²) in [6, 6.07) is 5.81. The maximum Gasteiger partial charge on any atom is 0.253 e. The fourth-order valence-electron chi connectivity index (χ4n) is 2.36. The highest BCUT2D eigenvalue weighted by atomic mass is 16.5. The van der Waals surface area contributed by atoms with Gasteiger partial charge in [-0.25, -0.2) is 0 Å². The van der Waals surface area contributed by atoms with Crippen LogP contribution >= 0.6 is 0 Å². The molecule has 0 bridgehead atoms. The summed E-state index contributed by atoms with van der Waals surface area (Å²) in [6.07, 6.45) is 0.0699. The van der Waals surface area contributed by atoms with E-state index in [-0.39, 0.29) is 12.0 Å². The lowest BCUT2D eigenvalue weighted by molar-refractivity contribution is -0.0174. The van der Waals surface area contributed by atoms with Gasteiger partial charge in [0.05, 0.1) is 18.3 Å². The van der Waals surface area contributed by atoms with Crippen LogP contribution in [-0.2, 0) is 4.74 Å². The Labute approximate surface area is 120 Å². The second-order valence-electron chi connectivity index (χ2n) is 5.26. The van der Waals surface area contributed by atoms with E-state index in [0.717, 1.165) is 30.9 Å². The normalized spacial score (nSPS) is 19.6. The molecule has 0 aliphatic carbocycles. The first kappa shape index (κ1) is 14.8. The predicted molar refractivity (Wildman–Crippen MR) is 80.3 cm³/mol. The number of carbonyl (C=O) groups excluding carboxylic acids is 1. The molecule has 2 N–H and O–H groups in total. The summed E-state index contributed by atoms with van der Waals surface area (Å²) in [5.74, 6) is -0.0603. The van der Waals surface area contributed by atoms with Crippen LogP contribution in [0.3, 0.4) is 0 Å². The zero-order valence-corrected chi connectivity index (χ0v) is 12.4. The summed E-state index contributed by atoms with van der Waals surface area (Å²) in [6.45, 7) is 5.05. The molecule has 1 aliphatic heterocycles. The first-order valence-corrected chi connectivity index (χ1v) is 6.97. The molecule has 2 rings (SSSR count). The van der Waals surface area contributed by atoms with Gasteiger partial charge in [0.2, 0.25) is 0 Å². The van der Waals surface area contributed by atoms with E-state index in [4.69, 9.17) is 4.74 Å². The molecule has 1 aliphatic rings. The molecule has 5 heteroatoms. The van der Waals surface area contributed by atoms with E-state index in [1.54, 1.807) is 0 Å². The van der Waals surface area contributed by atoms with E-state index in [0.29, 0.717) is 12.1 Å². The fourth-order valence-corrected chi connectivity index (χ4v) is 2.36. The summed E-state index contributed by atoms with van der Waals surface area (Å²) in [5, 5.41) is 6.01. The molecule has 5 nitrogen and oxygen atoms in total. The van der Waals surface area contributed by atoms with Crippen LogP contribution in [0.2, 0.25) is 0 Å². The van der Waals surface area contributed by atoms with Gasteiger partial charge in [-0.2, -0.15) is 0 Å². The Bertz CT molecular complexity index is 476. The Morgan fingerprint density at radius 3 is 3.00 bits per heavy atom. The van der Waals surface area contributed by atoms with Crippen LogP contribution in [0.4, 0.5) is 5.69 Å². The van der Waals surface area contributed by atoms with Crippen molar-refractivity contribution in [3.05, 3.63) is 29.3 Å². The number of amides is 1. The molecule has 0 radical (unpaired) electrons. The minimum atomic E-state index is -0.0603. The number of nitrogens with one attached hydrogen (secondary N) is 2. The first-order chi connectivity index (χ1) is 9.60. The largest absolute Gasteiger partial charge is 0.387 e. The van der Waals surface area contributed by atoms with Crippen molar-refractivity contribution in [1.29, 1.82) is 0 Å². The molecule has 1 unspecified atom stereocenters. The van der Waals surface area contributed by atoms with Gasteiger partial charge in [0.1, 0.15) is 0 Å². The van der Waals surface area contributed by atoms with Gasteiger partial charge >= 0.3 is 0 Å². The Morgan fingerprint density at radius 2 is 2.30 bits per heavy atom. The van der Waals surface area contributed by atoms with Crippen LogP contribution < -0.4 is 10.6 Å². The van der Waals surface area contributed by atoms with Crippen molar-refractivity contribution in [2.24, 2.45) is 0 Å². The summed E-state index contributed by atoms with van der Waals surface area (Å²) in [4.78, 5) is 14.5. The van der Waals surface area contributed by atoms with Gasteiger partial charge in [-0.05, 0) is 26.1 Å². The number of nitrogens with zero attached hydrogens (tertiary/aromatic N) is 1. The number of hydrogen-bond acceptors (Lipinski definition) is 4. The number of aryl methyl sites for hydroxylation is 1. The van der Waals surface area contributed by atoms with Crippen LogP contribution in [0.15, 0.2) is 18.2 Å². The topological polar surface area (TPSA) is 53.6 Å². The van der Waals surface area contributed by atoms with Crippen molar-refractivity contribution in [2.75, 3.05) is 45.7 Å². The Hall–Kier alpha value is -1.59. The molecule has 110 valence electrons. The first-order valence-electron chi connectivity index (χ1n) is 6.97. The lowest BCUT2D eigenvalue weighted by Gasteiger charge is -2.30. The summed E-state index contributed by atoms with van der Waals surface area (Å²) >= 11 is 0. The molecule has 1 atom stereocenters. The van der Waals surface area contributed by atoms with Crippen LogP contribution in [0.25, 0.3) is 0 Å². The number of hydrogen-bond donors (Lipinski definition) is 2. The highest BCUT2D eigenvalue weighted by Gasteiger charge is 2.19. The third-order valence-electron chi connectivity index (χ3n) is 3.52. The third kappa shape index (κ3) is 3.71. The Morgan fingerprint density at radius 1 is 1.50 bits per heavy atom. The highest BCUT2D eigenvalue weighted by Crippen LogP contribution is 2.16. The second-order valence-corrected chi connectivity index (χ2v) is 5.26. The SMILES string of the molecule is CNc1ccc(C)cc1C(=O)NCC1CN(C)CCO1. The number of benzene rings is 1. The van der Waals surface area contributed by atoms with Crippen LogP contribution in [0, 0.1) is 6.92 Å². The number of rotatable bonds is 4. The molecule has 1 aromatic rings. The summed E-state index contributed by atoms with van der Waals surface area (Å²) in [5.41, 5.74) is 2.59. The number of ether oxygens (including phenoxy) is 1. The van der Waals surface area contributed by atoms with E-state index >= 15 is 0 Å². The van der Waals surface area contributed by atoms with Crippen molar-refractivity contribution in [1.82, 2.24) is 10.2 Å². The van der Waals surface area contributed by atoms with Crippen molar-refractivity contribution in [3.8, 4) is 0 Å². The van der Waals surface area contributed by atoms with E-state index in [1.165, 1.54) is 0 Å². The molecule has 1 heterocycles. The zero-order valence-electron chi connectivity index (χ0n) is 12.4. The minimum Gasteiger partial charge on any atom is -0.387 e. The van der Waals surface area contributed by atoms with Gasteiger partial charge in [-0.1, -0.05) is 11.6 Å². The molecule has 1 amide bonds. The molecular weight excluding hydrogens is 254 g/mol. The third-order valence-corrected chi connectivity index (χ3v) is 3.52. The fraction of sp³-hybridized carbons (Fsp3) is 0.533. The van der Waals surface area contributed by atoms with Crippen LogP contribution in [-0.4, -0.2) is 57.2 Å². The lowest BCUT2D eigenvalue weighted by Crippen LogP contribution is -2.46. The molecule has 1 saturated heterocycles. The molecule has 1 fully saturated rings. The Balaban J connectivity index is 1.96. The van der Waals surface area contributed by atoms with Crippen molar-refractivity contribution in [2.45, 2.75) is 13.0 Å². The number of likely N-dealkylation sites (N-methyl/N-ethyl adjacent to an activating group) is 1. The monoisotopic (exact) mass is 277 g/mol. The van der Waals surface area contributed by atoms with Gasteiger partial charge < -0.3 is 20.3 Å². The van der Waals surface area contributed by atoms with Gasteiger partial charge in [-0.15, -0.1) is 0 Å². The van der Waals surface area contributed by atoms with Crippen LogP contribution in [0.5, 0.6) is 0 Å². The van der Waals surface area contributed by atoms with E-state index in [2.05, 4.69) is 22.6 Å². The van der Waals surface area contributed by atoms with Crippen LogP contribution in [0.1, 0.15) is 15.9 Å².